The smallest absolute Gasteiger partial charge is 0.232 e. The molecule has 0 atom stereocenters. The van der Waals surface area contributed by atoms with Gasteiger partial charge in [-0.1, -0.05) is 12.8 Å². The Morgan fingerprint density at radius 2 is 2.06 bits per heavy atom. The van der Waals surface area contributed by atoms with E-state index >= 15 is 0 Å². The Hall–Kier alpha value is -1.58. The van der Waals surface area contributed by atoms with Crippen molar-refractivity contribution < 1.29 is 4.79 Å². The molecule has 1 saturated carbocycles. The number of nitrogens with zero attached hydrogens (tertiary/aromatic N) is 1. The van der Waals surface area contributed by atoms with Crippen LogP contribution >= 0.6 is 0 Å². The van der Waals surface area contributed by atoms with Crippen LogP contribution in [-0.2, 0) is 4.79 Å². The molecular weight excluding hydrogens is 214 g/mol. The Labute approximate surface area is 101 Å². The number of amides is 1. The van der Waals surface area contributed by atoms with Crippen molar-refractivity contribution >= 4 is 17.4 Å². The molecule has 0 aromatic carbocycles. The number of aryl methyl sites for hydroxylation is 1. The van der Waals surface area contributed by atoms with Crippen LogP contribution in [0.5, 0.6) is 0 Å². The van der Waals surface area contributed by atoms with Gasteiger partial charge in [-0.3, -0.25) is 4.79 Å². The number of nitrogens with one attached hydrogen (secondary N) is 2. The van der Waals surface area contributed by atoms with Crippen molar-refractivity contribution in [1.29, 1.82) is 0 Å². The third-order valence-electron chi connectivity index (χ3n) is 3.92. The van der Waals surface area contributed by atoms with Crippen molar-refractivity contribution in [2.45, 2.75) is 32.6 Å². The number of hydrogen-bond donors (Lipinski definition) is 2. The lowest BCUT2D eigenvalue weighted by Gasteiger charge is -2.24. The van der Waals surface area contributed by atoms with Crippen molar-refractivity contribution in [3.05, 3.63) is 17.8 Å². The second-order valence-corrected chi connectivity index (χ2v) is 5.14. The van der Waals surface area contributed by atoms with Gasteiger partial charge < -0.3 is 10.6 Å². The third kappa shape index (κ3) is 1.68. The molecule has 1 aliphatic heterocycles. The predicted octanol–water partition coefficient (Wildman–Crippen LogP) is 2.31. The van der Waals surface area contributed by atoms with Crippen LogP contribution < -0.4 is 10.6 Å². The first-order valence-electron chi connectivity index (χ1n) is 6.23. The highest BCUT2D eigenvalue weighted by Crippen LogP contribution is 2.41. The van der Waals surface area contributed by atoms with E-state index < -0.39 is 0 Å². The van der Waals surface area contributed by atoms with Gasteiger partial charge in [-0.2, -0.15) is 0 Å². The van der Waals surface area contributed by atoms with E-state index in [1.807, 2.05) is 19.1 Å². The minimum absolute atomic E-state index is 0.159. The van der Waals surface area contributed by atoms with Crippen LogP contribution in [0.1, 0.15) is 31.4 Å². The molecule has 1 aliphatic carbocycles. The number of carbonyl (C=O) groups is 1. The molecule has 90 valence electrons. The van der Waals surface area contributed by atoms with E-state index in [0.717, 1.165) is 42.9 Å². The van der Waals surface area contributed by atoms with Gasteiger partial charge in [0.25, 0.3) is 0 Å². The Morgan fingerprint density at radius 1 is 1.29 bits per heavy atom. The van der Waals surface area contributed by atoms with Crippen molar-refractivity contribution in [2.75, 3.05) is 17.2 Å². The summed E-state index contributed by atoms with van der Waals surface area (Å²) in [6, 6.07) is 3.85. The maximum Gasteiger partial charge on any atom is 0.232 e. The monoisotopic (exact) mass is 231 g/mol. The van der Waals surface area contributed by atoms with Crippen LogP contribution in [0.15, 0.2) is 12.1 Å². The summed E-state index contributed by atoms with van der Waals surface area (Å²) >= 11 is 0. The van der Waals surface area contributed by atoms with Crippen LogP contribution in [0.2, 0.25) is 0 Å². The molecule has 1 spiro atoms. The molecule has 0 bridgehead atoms. The van der Waals surface area contributed by atoms with E-state index in [2.05, 4.69) is 15.6 Å². The number of aromatic nitrogens is 1. The summed E-state index contributed by atoms with van der Waals surface area (Å²) in [5, 5.41) is 6.35. The standard InChI is InChI=1S/C13H17N3O/c1-9-4-5-10-11(15-9)14-8-13(12(17)16-10)6-2-3-7-13/h4-5H,2-3,6-8H2,1H3,(H,14,15)(H,16,17). The lowest BCUT2D eigenvalue weighted by Crippen LogP contribution is -2.37. The molecule has 0 unspecified atom stereocenters. The van der Waals surface area contributed by atoms with Gasteiger partial charge in [0, 0.05) is 12.2 Å². The highest BCUT2D eigenvalue weighted by atomic mass is 16.2. The first kappa shape index (κ1) is 10.6. The Bertz CT molecular complexity index is 464. The van der Waals surface area contributed by atoms with Crippen LogP contribution in [0.3, 0.4) is 0 Å². The van der Waals surface area contributed by atoms with Crippen LogP contribution in [-0.4, -0.2) is 17.4 Å². The summed E-state index contributed by atoms with van der Waals surface area (Å²) in [6.45, 7) is 2.67. The lowest BCUT2D eigenvalue weighted by atomic mass is 9.85. The fraction of sp³-hybridized carbons (Fsp3) is 0.538. The zero-order chi connectivity index (χ0) is 11.9. The average molecular weight is 231 g/mol. The van der Waals surface area contributed by atoms with E-state index in [0.29, 0.717) is 6.54 Å². The Kier molecular flexibility index (Phi) is 2.31. The molecular formula is C13H17N3O. The summed E-state index contributed by atoms with van der Waals surface area (Å²) < 4.78 is 0. The van der Waals surface area contributed by atoms with E-state index in [1.165, 1.54) is 0 Å². The van der Waals surface area contributed by atoms with Gasteiger partial charge in [-0.05, 0) is 31.9 Å². The summed E-state index contributed by atoms with van der Waals surface area (Å²) in [7, 11) is 0. The minimum atomic E-state index is -0.214. The lowest BCUT2D eigenvalue weighted by molar-refractivity contribution is -0.124. The van der Waals surface area contributed by atoms with Crippen LogP contribution in [0.4, 0.5) is 11.5 Å². The molecule has 3 rings (SSSR count). The number of rotatable bonds is 0. The number of hydrogen-bond acceptors (Lipinski definition) is 3. The Morgan fingerprint density at radius 3 is 2.82 bits per heavy atom. The molecule has 4 nitrogen and oxygen atoms in total. The summed E-state index contributed by atoms with van der Waals surface area (Å²) in [6.07, 6.45) is 4.27. The molecule has 17 heavy (non-hydrogen) atoms. The van der Waals surface area contributed by atoms with Gasteiger partial charge in [-0.25, -0.2) is 4.98 Å². The Balaban J connectivity index is 1.96. The van der Waals surface area contributed by atoms with E-state index in [-0.39, 0.29) is 11.3 Å². The normalized spacial score (nSPS) is 21.6. The van der Waals surface area contributed by atoms with Gasteiger partial charge in [0.15, 0.2) is 0 Å². The predicted molar refractivity (Wildman–Crippen MR) is 67.0 cm³/mol. The maximum atomic E-state index is 12.3. The minimum Gasteiger partial charge on any atom is -0.367 e. The summed E-state index contributed by atoms with van der Waals surface area (Å²) in [5.74, 6) is 0.967. The molecule has 0 radical (unpaired) electrons. The molecule has 1 aromatic rings. The van der Waals surface area contributed by atoms with Crippen LogP contribution in [0, 0.1) is 12.3 Å². The van der Waals surface area contributed by atoms with Gasteiger partial charge in [0.2, 0.25) is 5.91 Å². The number of carbonyl (C=O) groups excluding carboxylic acids is 1. The fourth-order valence-corrected chi connectivity index (χ4v) is 2.84. The van der Waals surface area contributed by atoms with Gasteiger partial charge >= 0.3 is 0 Å². The first-order chi connectivity index (χ1) is 8.20. The van der Waals surface area contributed by atoms with Gasteiger partial charge in [-0.15, -0.1) is 0 Å². The van der Waals surface area contributed by atoms with Crippen LogP contribution in [0.25, 0.3) is 0 Å². The first-order valence-corrected chi connectivity index (χ1v) is 6.23. The van der Waals surface area contributed by atoms with Gasteiger partial charge in [0.1, 0.15) is 5.82 Å². The second-order valence-electron chi connectivity index (χ2n) is 5.14. The SMILES string of the molecule is Cc1ccc2c(n1)NCC1(CCCC1)C(=O)N2. The molecule has 4 heteroatoms. The molecule has 1 fully saturated rings. The molecule has 0 saturated heterocycles. The highest BCUT2D eigenvalue weighted by Gasteiger charge is 2.42. The van der Waals surface area contributed by atoms with E-state index in [9.17, 15) is 4.79 Å². The van der Waals surface area contributed by atoms with Crippen molar-refractivity contribution in [2.24, 2.45) is 5.41 Å². The highest BCUT2D eigenvalue weighted by molar-refractivity contribution is 5.99. The number of fused-ring (bicyclic) bond motifs is 1. The van der Waals surface area contributed by atoms with Crippen molar-refractivity contribution in [1.82, 2.24) is 4.98 Å². The number of anilines is 2. The quantitative estimate of drug-likeness (QED) is 0.720. The van der Waals surface area contributed by atoms with E-state index in [1.54, 1.807) is 0 Å². The second kappa shape index (κ2) is 3.72. The van der Waals surface area contributed by atoms with Gasteiger partial charge in [0.05, 0.1) is 11.1 Å². The summed E-state index contributed by atoms with van der Waals surface area (Å²) in [5.41, 5.74) is 1.56. The van der Waals surface area contributed by atoms with E-state index in [4.69, 9.17) is 0 Å². The third-order valence-corrected chi connectivity index (χ3v) is 3.92. The topological polar surface area (TPSA) is 54.0 Å². The van der Waals surface area contributed by atoms with Crippen molar-refractivity contribution in [3.8, 4) is 0 Å². The zero-order valence-corrected chi connectivity index (χ0v) is 10.0. The number of pyridine rings is 1. The fourth-order valence-electron chi connectivity index (χ4n) is 2.84. The average Bonchev–Trinajstić information content (AvgIpc) is 2.74. The molecule has 2 N–H and O–H groups in total. The molecule has 2 aliphatic rings. The molecule has 1 amide bonds. The summed E-state index contributed by atoms with van der Waals surface area (Å²) in [4.78, 5) is 16.7. The molecule has 2 heterocycles. The largest absolute Gasteiger partial charge is 0.367 e. The molecule has 1 aromatic heterocycles. The van der Waals surface area contributed by atoms with Crippen molar-refractivity contribution in [3.63, 3.8) is 0 Å². The maximum absolute atomic E-state index is 12.3. The zero-order valence-electron chi connectivity index (χ0n) is 10.0.